The second-order valence-electron chi connectivity index (χ2n) is 7.25. The molecule has 4 nitrogen and oxygen atoms in total. The van der Waals surface area contributed by atoms with Gasteiger partial charge in [-0.25, -0.2) is 4.79 Å². The predicted octanol–water partition coefficient (Wildman–Crippen LogP) is 5.29. The Kier molecular flexibility index (Phi) is 4.75. The summed E-state index contributed by atoms with van der Waals surface area (Å²) in [5.41, 5.74) is 2.84. The highest BCUT2D eigenvalue weighted by molar-refractivity contribution is 6.26. The van der Waals surface area contributed by atoms with E-state index in [0.717, 1.165) is 23.8 Å². The average Bonchev–Trinajstić information content (AvgIpc) is 3.10. The fraction of sp³-hybridized carbons (Fsp3) is 0.273. The molecule has 1 fully saturated rings. The van der Waals surface area contributed by atoms with Gasteiger partial charge in [-0.15, -0.1) is 11.6 Å². The molecule has 1 aliphatic carbocycles. The van der Waals surface area contributed by atoms with Crippen molar-refractivity contribution < 1.29 is 14.0 Å². The van der Waals surface area contributed by atoms with Gasteiger partial charge in [-0.05, 0) is 36.0 Å². The molecule has 0 aliphatic heterocycles. The molecule has 2 aromatic carbocycles. The number of alkyl halides is 1. The van der Waals surface area contributed by atoms with Crippen molar-refractivity contribution in [2.24, 2.45) is 11.1 Å². The Labute approximate surface area is 162 Å². The molecule has 0 bridgehead atoms. The topological polar surface area (TPSA) is 51.8 Å². The van der Waals surface area contributed by atoms with E-state index in [1.807, 2.05) is 36.4 Å². The van der Waals surface area contributed by atoms with E-state index in [0.29, 0.717) is 11.5 Å². The van der Waals surface area contributed by atoms with Crippen LogP contribution in [0.5, 0.6) is 0 Å². The lowest BCUT2D eigenvalue weighted by molar-refractivity contribution is -0.140. The zero-order valence-corrected chi connectivity index (χ0v) is 15.8. The van der Waals surface area contributed by atoms with Gasteiger partial charge in [-0.2, -0.15) is 0 Å². The summed E-state index contributed by atoms with van der Waals surface area (Å²) in [5.74, 6) is -0.0171. The first kappa shape index (κ1) is 17.8. The van der Waals surface area contributed by atoms with Gasteiger partial charge in [0.1, 0.15) is 17.2 Å². The Bertz CT molecular complexity index is 954. The van der Waals surface area contributed by atoms with Crippen LogP contribution in [0.15, 0.2) is 70.2 Å². The van der Waals surface area contributed by atoms with Crippen LogP contribution >= 0.6 is 11.6 Å². The minimum absolute atomic E-state index is 0.0786. The smallest absolute Gasteiger partial charge is 0.349 e. The zero-order chi connectivity index (χ0) is 18.9. The second-order valence-corrected chi connectivity index (χ2v) is 7.52. The number of hydrogen-bond donors (Lipinski definition) is 0. The molecule has 0 radical (unpaired) electrons. The molecule has 0 saturated heterocycles. The number of furan rings is 1. The lowest BCUT2D eigenvalue weighted by Gasteiger charge is -2.45. The summed E-state index contributed by atoms with van der Waals surface area (Å²) in [5, 5.41) is 5.12. The van der Waals surface area contributed by atoms with Crippen LogP contribution in [0.25, 0.3) is 11.0 Å². The van der Waals surface area contributed by atoms with Crippen LogP contribution in [-0.4, -0.2) is 17.6 Å². The van der Waals surface area contributed by atoms with Gasteiger partial charge in [0.2, 0.25) is 0 Å². The first-order chi connectivity index (χ1) is 13.1. The van der Waals surface area contributed by atoms with Crippen molar-refractivity contribution in [3.8, 4) is 0 Å². The molecule has 4 rings (SSSR count). The molecule has 3 aromatic rings. The molecular weight excluding hydrogens is 362 g/mol. The average molecular weight is 382 g/mol. The highest BCUT2D eigenvalue weighted by Gasteiger charge is 2.45. The van der Waals surface area contributed by atoms with E-state index in [9.17, 15) is 4.79 Å². The number of rotatable bonds is 5. The molecule has 5 heteroatoms. The molecule has 1 aromatic heterocycles. The van der Waals surface area contributed by atoms with Crippen molar-refractivity contribution in [3.63, 3.8) is 0 Å². The van der Waals surface area contributed by atoms with E-state index < -0.39 is 5.97 Å². The Balaban J connectivity index is 1.62. The van der Waals surface area contributed by atoms with E-state index in [-0.39, 0.29) is 17.2 Å². The lowest BCUT2D eigenvalue weighted by atomic mass is 9.58. The van der Waals surface area contributed by atoms with Gasteiger partial charge in [0.05, 0.1) is 0 Å². The highest BCUT2D eigenvalue weighted by Crippen LogP contribution is 2.49. The lowest BCUT2D eigenvalue weighted by Crippen LogP contribution is -2.42. The molecule has 1 saturated carbocycles. The van der Waals surface area contributed by atoms with Crippen molar-refractivity contribution in [1.29, 1.82) is 0 Å². The summed E-state index contributed by atoms with van der Waals surface area (Å²) in [6, 6.07) is 20.2. The summed E-state index contributed by atoms with van der Waals surface area (Å²) < 4.78 is 5.97. The van der Waals surface area contributed by atoms with E-state index in [4.69, 9.17) is 20.9 Å². The molecule has 0 amide bonds. The summed E-state index contributed by atoms with van der Waals surface area (Å²) in [6.45, 7) is 2.25. The Morgan fingerprint density at radius 3 is 2.59 bits per heavy atom. The summed E-state index contributed by atoms with van der Waals surface area (Å²) in [6.07, 6.45) is 1.82. The van der Waals surface area contributed by atoms with E-state index in [1.54, 1.807) is 0 Å². The maximum Gasteiger partial charge on any atom is 0.349 e. The van der Waals surface area contributed by atoms with Crippen LogP contribution in [0, 0.1) is 5.92 Å². The largest absolute Gasteiger partial charge is 0.455 e. The van der Waals surface area contributed by atoms with Crippen LogP contribution in [0.2, 0.25) is 0 Å². The standard InChI is InChI=1S/C22H20ClNO3/c1-22(17-8-3-2-4-9-17)12-16(13-22)21(24-27-20(25)14-23)19-11-15-7-5-6-10-18(15)26-19/h2-11,16H,12-14H2,1H3/b24-21-. The maximum absolute atomic E-state index is 11.5. The minimum atomic E-state index is -0.574. The fourth-order valence-electron chi connectivity index (χ4n) is 3.85. The number of para-hydroxylation sites is 1. The highest BCUT2D eigenvalue weighted by atomic mass is 35.5. The Hall–Kier alpha value is -2.59. The second kappa shape index (κ2) is 7.20. The van der Waals surface area contributed by atoms with Gasteiger partial charge in [0.25, 0.3) is 0 Å². The van der Waals surface area contributed by atoms with Gasteiger partial charge in [0, 0.05) is 11.3 Å². The van der Waals surface area contributed by atoms with Gasteiger partial charge < -0.3 is 9.25 Å². The Morgan fingerprint density at radius 1 is 1.19 bits per heavy atom. The van der Waals surface area contributed by atoms with Gasteiger partial charge in [-0.1, -0.05) is 60.6 Å². The number of fused-ring (bicyclic) bond motifs is 1. The van der Waals surface area contributed by atoms with Crippen molar-refractivity contribution >= 4 is 34.3 Å². The van der Waals surface area contributed by atoms with Crippen molar-refractivity contribution in [2.75, 3.05) is 5.88 Å². The van der Waals surface area contributed by atoms with Crippen LogP contribution in [0.3, 0.4) is 0 Å². The predicted molar refractivity (Wildman–Crippen MR) is 106 cm³/mol. The fourth-order valence-corrected chi connectivity index (χ4v) is 3.90. The van der Waals surface area contributed by atoms with Crippen LogP contribution < -0.4 is 0 Å². The number of carbonyl (C=O) groups is 1. The summed E-state index contributed by atoms with van der Waals surface area (Å²) >= 11 is 5.53. The third-order valence-corrected chi connectivity index (χ3v) is 5.50. The third-order valence-electron chi connectivity index (χ3n) is 5.28. The number of oxime groups is 1. The van der Waals surface area contributed by atoms with E-state index in [2.05, 4.69) is 36.3 Å². The monoisotopic (exact) mass is 381 g/mol. The number of benzene rings is 2. The maximum atomic E-state index is 11.5. The molecule has 0 unspecified atom stereocenters. The molecule has 0 atom stereocenters. The quantitative estimate of drug-likeness (QED) is 0.261. The third kappa shape index (κ3) is 3.50. The number of carbonyl (C=O) groups excluding carboxylic acids is 1. The number of nitrogens with zero attached hydrogens (tertiary/aromatic N) is 1. The summed E-state index contributed by atoms with van der Waals surface area (Å²) in [7, 11) is 0. The molecule has 1 aliphatic rings. The number of hydrogen-bond acceptors (Lipinski definition) is 4. The van der Waals surface area contributed by atoms with Crippen LogP contribution in [0.4, 0.5) is 0 Å². The van der Waals surface area contributed by atoms with Crippen molar-refractivity contribution in [2.45, 2.75) is 25.2 Å². The minimum Gasteiger partial charge on any atom is -0.455 e. The van der Waals surface area contributed by atoms with E-state index in [1.165, 1.54) is 5.56 Å². The molecule has 0 spiro atoms. The Morgan fingerprint density at radius 2 is 1.89 bits per heavy atom. The molecule has 138 valence electrons. The summed E-state index contributed by atoms with van der Waals surface area (Å²) in [4.78, 5) is 16.5. The van der Waals surface area contributed by atoms with Crippen LogP contribution in [0.1, 0.15) is 31.1 Å². The van der Waals surface area contributed by atoms with Gasteiger partial charge in [-0.3, -0.25) is 0 Å². The van der Waals surface area contributed by atoms with Crippen molar-refractivity contribution in [3.05, 3.63) is 72.0 Å². The van der Waals surface area contributed by atoms with Gasteiger partial charge in [0.15, 0.2) is 5.76 Å². The number of halogens is 1. The van der Waals surface area contributed by atoms with E-state index >= 15 is 0 Å². The first-order valence-corrected chi connectivity index (χ1v) is 9.51. The zero-order valence-electron chi connectivity index (χ0n) is 15.0. The first-order valence-electron chi connectivity index (χ1n) is 8.97. The normalized spacial score (nSPS) is 22.4. The van der Waals surface area contributed by atoms with Crippen molar-refractivity contribution in [1.82, 2.24) is 0 Å². The molecule has 27 heavy (non-hydrogen) atoms. The van der Waals surface area contributed by atoms with Crippen LogP contribution in [-0.2, 0) is 15.0 Å². The SMILES string of the molecule is CC1(c2ccccc2)CC(/C(=N/OC(=O)CCl)c2cc3ccccc3o2)C1. The molecular formula is C22H20ClNO3. The molecule has 1 heterocycles. The molecule has 0 N–H and O–H groups in total. The van der Waals surface area contributed by atoms with Gasteiger partial charge >= 0.3 is 5.97 Å².